The van der Waals surface area contributed by atoms with E-state index in [1.54, 1.807) is 7.11 Å². The molecule has 8 heteroatoms. The average Bonchev–Trinajstić information content (AvgIpc) is 3.23. The van der Waals surface area contributed by atoms with Crippen molar-refractivity contribution < 1.29 is 9.53 Å². The molecule has 2 rings (SSSR count). The van der Waals surface area contributed by atoms with E-state index in [0.717, 1.165) is 6.54 Å². The van der Waals surface area contributed by atoms with E-state index < -0.39 is 0 Å². The van der Waals surface area contributed by atoms with Crippen molar-refractivity contribution in [2.24, 2.45) is 0 Å². The van der Waals surface area contributed by atoms with Gasteiger partial charge in [-0.05, 0) is 19.9 Å². The van der Waals surface area contributed by atoms with Gasteiger partial charge >= 0.3 is 0 Å². The second-order valence-electron chi connectivity index (χ2n) is 5.12. The minimum absolute atomic E-state index is 0.158. The predicted molar refractivity (Wildman–Crippen MR) is 84.9 cm³/mol. The molecule has 1 saturated carbocycles. The summed E-state index contributed by atoms with van der Waals surface area (Å²) in [6, 6.07) is 0.701. The molecular weight excluding hydrogens is 290 g/mol. The number of carbonyl (C=O) groups excluding carboxylic acids is 1. The third kappa shape index (κ3) is 4.83. The molecule has 0 saturated heterocycles. The van der Waals surface area contributed by atoms with Gasteiger partial charge in [-0.15, -0.1) is 0 Å². The summed E-state index contributed by atoms with van der Waals surface area (Å²) in [5.41, 5.74) is 5.79. The van der Waals surface area contributed by atoms with Crippen LogP contribution in [-0.2, 0) is 4.74 Å². The number of carbonyl (C=O) groups is 1. The van der Waals surface area contributed by atoms with E-state index in [1.165, 1.54) is 24.2 Å². The molecule has 0 atom stereocenters. The van der Waals surface area contributed by atoms with Crippen LogP contribution in [0.1, 0.15) is 22.5 Å². The van der Waals surface area contributed by atoms with Crippen molar-refractivity contribution in [1.82, 2.24) is 15.2 Å². The molecular formula is C13H23N5O2S. The van der Waals surface area contributed by atoms with Gasteiger partial charge in [-0.1, -0.05) is 11.3 Å². The molecule has 21 heavy (non-hydrogen) atoms. The Morgan fingerprint density at radius 3 is 2.95 bits per heavy atom. The van der Waals surface area contributed by atoms with E-state index in [4.69, 9.17) is 10.5 Å². The molecule has 118 valence electrons. The summed E-state index contributed by atoms with van der Waals surface area (Å²) in [5.74, 6) is 0.113. The smallest absolute Gasteiger partial charge is 0.265 e. The molecule has 0 aromatic carbocycles. The molecule has 0 aliphatic heterocycles. The number of methoxy groups -OCH3 is 1. The van der Waals surface area contributed by atoms with Crippen LogP contribution in [0.4, 0.5) is 10.9 Å². The van der Waals surface area contributed by atoms with Crippen molar-refractivity contribution in [3.05, 3.63) is 4.88 Å². The first-order valence-electron chi connectivity index (χ1n) is 7.09. The van der Waals surface area contributed by atoms with Crippen molar-refractivity contribution in [2.75, 3.05) is 51.4 Å². The predicted octanol–water partition coefficient (Wildman–Crippen LogP) is 0.608. The zero-order valence-corrected chi connectivity index (χ0v) is 13.3. The van der Waals surface area contributed by atoms with Crippen molar-refractivity contribution in [1.29, 1.82) is 0 Å². The average molecular weight is 313 g/mol. The molecule has 0 spiro atoms. The van der Waals surface area contributed by atoms with Gasteiger partial charge in [-0.25, -0.2) is 4.98 Å². The standard InChI is InChI=1S/C13H23N5O2S/c1-18(9-3-4-9)7-5-15-12(19)10-11(14)17-13(21-10)16-6-8-20-2/h9H,3-8,14H2,1-2H3,(H,15,19)(H,16,17). The highest BCUT2D eigenvalue weighted by atomic mass is 32.1. The molecule has 0 radical (unpaired) electrons. The Kier molecular flexibility index (Phi) is 5.77. The van der Waals surface area contributed by atoms with Gasteiger partial charge < -0.3 is 26.0 Å². The fraction of sp³-hybridized carbons (Fsp3) is 0.692. The number of nitrogens with one attached hydrogen (secondary N) is 2. The quantitative estimate of drug-likeness (QED) is 0.578. The zero-order valence-electron chi connectivity index (χ0n) is 12.5. The van der Waals surface area contributed by atoms with Crippen LogP contribution in [0.15, 0.2) is 0 Å². The van der Waals surface area contributed by atoms with Crippen molar-refractivity contribution >= 4 is 28.2 Å². The first-order chi connectivity index (χ1) is 10.1. The third-order valence-corrected chi connectivity index (χ3v) is 4.39. The second kappa shape index (κ2) is 7.58. The largest absolute Gasteiger partial charge is 0.383 e. The molecule has 1 amide bonds. The summed E-state index contributed by atoms with van der Waals surface area (Å²) in [6.07, 6.45) is 2.53. The lowest BCUT2D eigenvalue weighted by atomic mass is 10.4. The van der Waals surface area contributed by atoms with Crippen molar-refractivity contribution in [2.45, 2.75) is 18.9 Å². The summed E-state index contributed by atoms with van der Waals surface area (Å²) in [7, 11) is 3.72. The number of nitrogen functional groups attached to an aromatic ring is 1. The maximum atomic E-state index is 12.1. The Hall–Kier alpha value is -1.38. The van der Waals surface area contributed by atoms with Gasteiger partial charge in [0.15, 0.2) is 5.13 Å². The fourth-order valence-electron chi connectivity index (χ4n) is 1.95. The molecule has 1 heterocycles. The monoisotopic (exact) mass is 313 g/mol. The summed E-state index contributed by atoms with van der Waals surface area (Å²) in [5, 5.41) is 6.61. The molecule has 0 bridgehead atoms. The number of nitrogens with two attached hydrogens (primary N) is 1. The molecule has 0 unspecified atom stereocenters. The number of likely N-dealkylation sites (N-methyl/N-ethyl adjacent to an activating group) is 1. The van der Waals surface area contributed by atoms with E-state index >= 15 is 0 Å². The molecule has 1 aromatic rings. The van der Waals surface area contributed by atoms with Crippen LogP contribution in [0.3, 0.4) is 0 Å². The van der Waals surface area contributed by atoms with E-state index in [-0.39, 0.29) is 11.7 Å². The van der Waals surface area contributed by atoms with Crippen LogP contribution < -0.4 is 16.4 Å². The van der Waals surface area contributed by atoms with Gasteiger partial charge in [-0.2, -0.15) is 0 Å². The van der Waals surface area contributed by atoms with E-state index in [0.29, 0.717) is 35.7 Å². The summed E-state index contributed by atoms with van der Waals surface area (Å²) in [6.45, 7) is 2.69. The van der Waals surface area contributed by atoms with E-state index in [1.807, 2.05) is 0 Å². The molecule has 1 fully saturated rings. The number of hydrogen-bond donors (Lipinski definition) is 3. The highest BCUT2D eigenvalue weighted by Gasteiger charge is 2.25. The first-order valence-corrected chi connectivity index (χ1v) is 7.91. The van der Waals surface area contributed by atoms with Crippen LogP contribution in [0, 0.1) is 0 Å². The highest BCUT2D eigenvalue weighted by molar-refractivity contribution is 7.18. The van der Waals surface area contributed by atoms with Gasteiger partial charge in [0.25, 0.3) is 5.91 Å². The Balaban J connectivity index is 1.77. The van der Waals surface area contributed by atoms with Gasteiger partial charge in [0, 0.05) is 32.8 Å². The molecule has 1 aliphatic carbocycles. The van der Waals surface area contributed by atoms with Crippen molar-refractivity contribution in [3.63, 3.8) is 0 Å². The van der Waals surface area contributed by atoms with Gasteiger partial charge in [0.1, 0.15) is 10.7 Å². The summed E-state index contributed by atoms with van der Waals surface area (Å²) >= 11 is 1.27. The van der Waals surface area contributed by atoms with Crippen LogP contribution >= 0.6 is 11.3 Å². The minimum atomic E-state index is -0.158. The lowest BCUT2D eigenvalue weighted by molar-refractivity contribution is 0.0954. The Morgan fingerprint density at radius 1 is 1.52 bits per heavy atom. The number of nitrogens with zero attached hydrogens (tertiary/aromatic N) is 2. The summed E-state index contributed by atoms with van der Waals surface area (Å²) in [4.78, 5) is 19.0. The normalized spacial score (nSPS) is 14.4. The maximum Gasteiger partial charge on any atom is 0.265 e. The van der Waals surface area contributed by atoms with Gasteiger partial charge in [0.05, 0.1) is 6.61 Å². The SMILES string of the molecule is COCCNc1nc(N)c(C(=O)NCCN(C)C2CC2)s1. The van der Waals surface area contributed by atoms with Crippen LogP contribution in [0.25, 0.3) is 0 Å². The number of aromatic nitrogens is 1. The fourth-order valence-corrected chi connectivity index (χ4v) is 2.78. The highest BCUT2D eigenvalue weighted by Crippen LogP contribution is 2.25. The lowest BCUT2D eigenvalue weighted by Crippen LogP contribution is -2.33. The third-order valence-electron chi connectivity index (χ3n) is 3.36. The lowest BCUT2D eigenvalue weighted by Gasteiger charge is -2.15. The van der Waals surface area contributed by atoms with Crippen LogP contribution in [0.2, 0.25) is 0 Å². The Bertz CT molecular complexity index is 475. The second-order valence-corrected chi connectivity index (χ2v) is 6.12. The van der Waals surface area contributed by atoms with Gasteiger partial charge in [-0.3, -0.25) is 4.79 Å². The zero-order chi connectivity index (χ0) is 15.2. The number of amides is 1. The molecule has 1 aliphatic rings. The Morgan fingerprint density at radius 2 is 2.29 bits per heavy atom. The minimum Gasteiger partial charge on any atom is -0.383 e. The number of thiazole rings is 1. The Labute approximate surface area is 128 Å². The van der Waals surface area contributed by atoms with Crippen LogP contribution in [0.5, 0.6) is 0 Å². The molecule has 7 nitrogen and oxygen atoms in total. The van der Waals surface area contributed by atoms with Crippen LogP contribution in [-0.4, -0.2) is 62.2 Å². The van der Waals surface area contributed by atoms with Crippen molar-refractivity contribution in [3.8, 4) is 0 Å². The molecule has 4 N–H and O–H groups in total. The first kappa shape index (κ1) is 16.0. The van der Waals surface area contributed by atoms with E-state index in [2.05, 4.69) is 27.6 Å². The number of rotatable bonds is 9. The molecule has 1 aromatic heterocycles. The number of hydrogen-bond acceptors (Lipinski definition) is 7. The maximum absolute atomic E-state index is 12.1. The van der Waals surface area contributed by atoms with Gasteiger partial charge in [0.2, 0.25) is 0 Å². The number of ether oxygens (including phenoxy) is 1. The summed E-state index contributed by atoms with van der Waals surface area (Å²) < 4.78 is 4.95. The topological polar surface area (TPSA) is 92.5 Å². The number of anilines is 2. The van der Waals surface area contributed by atoms with E-state index in [9.17, 15) is 4.79 Å².